The first-order valence-corrected chi connectivity index (χ1v) is 6.46. The molecule has 1 saturated heterocycles. The van der Waals surface area contributed by atoms with Crippen molar-refractivity contribution in [2.45, 2.75) is 45.2 Å². The molecular formula is C15H18N2O. The van der Waals surface area contributed by atoms with Gasteiger partial charge in [0.25, 0.3) is 5.91 Å². The van der Waals surface area contributed by atoms with Crippen LogP contribution in [0.15, 0.2) is 24.3 Å². The number of hydrogen-bond donors (Lipinski definition) is 0. The summed E-state index contributed by atoms with van der Waals surface area (Å²) >= 11 is 0. The van der Waals surface area contributed by atoms with E-state index in [9.17, 15) is 4.79 Å². The number of amides is 1. The van der Waals surface area contributed by atoms with E-state index in [-0.39, 0.29) is 5.91 Å². The number of carbonyl (C=O) groups is 1. The zero-order chi connectivity index (χ0) is 13.1. The molecule has 0 saturated carbocycles. The van der Waals surface area contributed by atoms with Gasteiger partial charge in [0.2, 0.25) is 0 Å². The van der Waals surface area contributed by atoms with Crippen molar-refractivity contribution in [1.29, 1.82) is 5.26 Å². The van der Waals surface area contributed by atoms with Crippen LogP contribution in [0.3, 0.4) is 0 Å². The zero-order valence-electron chi connectivity index (χ0n) is 10.9. The van der Waals surface area contributed by atoms with Gasteiger partial charge in [0, 0.05) is 17.6 Å². The second-order valence-corrected chi connectivity index (χ2v) is 5.03. The van der Waals surface area contributed by atoms with Crippen LogP contribution in [0.5, 0.6) is 0 Å². The van der Waals surface area contributed by atoms with E-state index in [4.69, 9.17) is 5.26 Å². The Hall–Kier alpha value is -1.82. The van der Waals surface area contributed by atoms with E-state index in [1.807, 2.05) is 4.90 Å². The molecule has 1 fully saturated rings. The van der Waals surface area contributed by atoms with Crippen LogP contribution in [-0.4, -0.2) is 22.9 Å². The smallest absolute Gasteiger partial charge is 0.254 e. The monoisotopic (exact) mass is 242 g/mol. The number of hydrogen-bond acceptors (Lipinski definition) is 2. The number of nitriles is 1. The summed E-state index contributed by atoms with van der Waals surface area (Å²) in [5.41, 5.74) is 1.26. The Balaban J connectivity index is 2.21. The van der Waals surface area contributed by atoms with E-state index in [2.05, 4.69) is 19.9 Å². The largest absolute Gasteiger partial charge is 0.333 e. The van der Waals surface area contributed by atoms with Gasteiger partial charge in [-0.15, -0.1) is 0 Å². The van der Waals surface area contributed by atoms with Gasteiger partial charge in [0.15, 0.2) is 0 Å². The predicted molar refractivity (Wildman–Crippen MR) is 70.1 cm³/mol. The van der Waals surface area contributed by atoms with E-state index in [1.54, 1.807) is 24.3 Å². The van der Waals surface area contributed by atoms with Gasteiger partial charge in [-0.25, -0.2) is 0 Å². The molecule has 1 heterocycles. The van der Waals surface area contributed by atoms with Gasteiger partial charge in [-0.3, -0.25) is 4.79 Å². The lowest BCUT2D eigenvalue weighted by atomic mass is 9.96. The van der Waals surface area contributed by atoms with Crippen molar-refractivity contribution in [3.8, 4) is 6.07 Å². The predicted octanol–water partition coefficient (Wildman–Crippen LogP) is 2.96. The molecule has 0 bridgehead atoms. The van der Waals surface area contributed by atoms with Crippen molar-refractivity contribution in [2.75, 3.05) is 0 Å². The Morgan fingerprint density at radius 2 is 1.78 bits per heavy atom. The molecule has 1 aromatic carbocycles. The van der Waals surface area contributed by atoms with Gasteiger partial charge < -0.3 is 4.90 Å². The van der Waals surface area contributed by atoms with E-state index in [0.29, 0.717) is 23.2 Å². The summed E-state index contributed by atoms with van der Waals surface area (Å²) in [6.45, 7) is 4.22. The van der Waals surface area contributed by atoms with Crippen LogP contribution >= 0.6 is 0 Å². The molecule has 0 aromatic heterocycles. The van der Waals surface area contributed by atoms with Crippen LogP contribution < -0.4 is 0 Å². The minimum Gasteiger partial charge on any atom is -0.333 e. The standard InChI is InChI=1S/C15H18N2O/c1-11-4-3-5-12(2)17(11)15(18)14-8-6-13(10-16)7-9-14/h6-9,11-12H,3-5H2,1-2H3. The van der Waals surface area contributed by atoms with Crippen molar-refractivity contribution in [2.24, 2.45) is 0 Å². The molecular weight excluding hydrogens is 224 g/mol. The SMILES string of the molecule is CC1CCCC(C)N1C(=O)c1ccc(C#N)cc1. The summed E-state index contributed by atoms with van der Waals surface area (Å²) in [6, 6.07) is 9.56. The highest BCUT2D eigenvalue weighted by atomic mass is 16.2. The highest BCUT2D eigenvalue weighted by Crippen LogP contribution is 2.24. The summed E-state index contributed by atoms with van der Waals surface area (Å²) in [4.78, 5) is 14.4. The molecule has 0 radical (unpaired) electrons. The van der Waals surface area contributed by atoms with E-state index in [1.165, 1.54) is 6.42 Å². The quantitative estimate of drug-likeness (QED) is 0.760. The molecule has 2 atom stereocenters. The summed E-state index contributed by atoms with van der Waals surface area (Å²) < 4.78 is 0. The van der Waals surface area contributed by atoms with Crippen molar-refractivity contribution < 1.29 is 4.79 Å². The van der Waals surface area contributed by atoms with Crippen molar-refractivity contribution in [3.05, 3.63) is 35.4 Å². The molecule has 1 aliphatic rings. The number of nitrogens with zero attached hydrogens (tertiary/aromatic N) is 2. The van der Waals surface area contributed by atoms with Crippen LogP contribution in [0.25, 0.3) is 0 Å². The highest BCUT2D eigenvalue weighted by molar-refractivity contribution is 5.94. The molecule has 3 nitrogen and oxygen atoms in total. The van der Waals surface area contributed by atoms with Crippen LogP contribution in [-0.2, 0) is 0 Å². The lowest BCUT2D eigenvalue weighted by molar-refractivity contribution is 0.0511. The summed E-state index contributed by atoms with van der Waals surface area (Å²) in [7, 11) is 0. The molecule has 0 spiro atoms. The topological polar surface area (TPSA) is 44.1 Å². The maximum Gasteiger partial charge on any atom is 0.254 e. The average Bonchev–Trinajstić information content (AvgIpc) is 2.38. The highest BCUT2D eigenvalue weighted by Gasteiger charge is 2.29. The second kappa shape index (κ2) is 5.22. The fourth-order valence-electron chi connectivity index (χ4n) is 2.66. The van der Waals surface area contributed by atoms with Crippen molar-refractivity contribution in [3.63, 3.8) is 0 Å². The molecule has 0 N–H and O–H groups in total. The zero-order valence-corrected chi connectivity index (χ0v) is 10.9. The molecule has 3 heteroatoms. The maximum atomic E-state index is 12.5. The molecule has 2 rings (SSSR count). The van der Waals surface area contributed by atoms with Crippen molar-refractivity contribution >= 4 is 5.91 Å². The minimum absolute atomic E-state index is 0.0826. The lowest BCUT2D eigenvalue weighted by Gasteiger charge is -2.39. The second-order valence-electron chi connectivity index (χ2n) is 5.03. The van der Waals surface area contributed by atoms with Crippen LogP contribution in [0.2, 0.25) is 0 Å². The van der Waals surface area contributed by atoms with E-state index < -0.39 is 0 Å². The number of piperidine rings is 1. The van der Waals surface area contributed by atoms with E-state index in [0.717, 1.165) is 12.8 Å². The number of rotatable bonds is 1. The Bertz CT molecular complexity index is 462. The third-order valence-corrected chi connectivity index (χ3v) is 3.69. The normalized spacial score (nSPS) is 23.5. The Labute approximate surface area is 108 Å². The van der Waals surface area contributed by atoms with Gasteiger partial charge >= 0.3 is 0 Å². The summed E-state index contributed by atoms with van der Waals surface area (Å²) in [5, 5.41) is 8.75. The third-order valence-electron chi connectivity index (χ3n) is 3.69. The Morgan fingerprint density at radius 1 is 1.22 bits per heavy atom. The Morgan fingerprint density at radius 3 is 2.28 bits per heavy atom. The number of carbonyl (C=O) groups excluding carboxylic acids is 1. The van der Waals surface area contributed by atoms with Gasteiger partial charge in [-0.2, -0.15) is 5.26 Å². The first-order chi connectivity index (χ1) is 8.63. The Kier molecular flexibility index (Phi) is 3.66. The first kappa shape index (κ1) is 12.6. The molecule has 94 valence electrons. The number of benzene rings is 1. The molecule has 18 heavy (non-hydrogen) atoms. The summed E-state index contributed by atoms with van der Waals surface area (Å²) in [5.74, 6) is 0.0826. The molecule has 0 aliphatic carbocycles. The fourth-order valence-corrected chi connectivity index (χ4v) is 2.66. The van der Waals surface area contributed by atoms with Crippen LogP contribution in [0, 0.1) is 11.3 Å². The fraction of sp³-hybridized carbons (Fsp3) is 0.467. The summed E-state index contributed by atoms with van der Waals surface area (Å²) in [6.07, 6.45) is 3.35. The third kappa shape index (κ3) is 2.38. The van der Waals surface area contributed by atoms with Crippen molar-refractivity contribution in [1.82, 2.24) is 4.90 Å². The molecule has 2 unspecified atom stereocenters. The minimum atomic E-state index is 0.0826. The lowest BCUT2D eigenvalue weighted by Crippen LogP contribution is -2.47. The first-order valence-electron chi connectivity index (χ1n) is 6.46. The molecule has 1 aliphatic heterocycles. The van der Waals surface area contributed by atoms with Crippen LogP contribution in [0.1, 0.15) is 49.0 Å². The van der Waals surface area contributed by atoms with Crippen LogP contribution in [0.4, 0.5) is 0 Å². The molecule has 1 amide bonds. The van der Waals surface area contributed by atoms with Gasteiger partial charge in [-0.05, 0) is 57.4 Å². The van der Waals surface area contributed by atoms with Gasteiger partial charge in [0.05, 0.1) is 11.6 Å². The van der Waals surface area contributed by atoms with E-state index >= 15 is 0 Å². The average molecular weight is 242 g/mol. The van der Waals surface area contributed by atoms with Gasteiger partial charge in [0.1, 0.15) is 0 Å². The number of likely N-dealkylation sites (tertiary alicyclic amines) is 1. The molecule has 1 aromatic rings. The maximum absolute atomic E-state index is 12.5. The van der Waals surface area contributed by atoms with Gasteiger partial charge in [-0.1, -0.05) is 0 Å².